The molecule has 0 unspecified atom stereocenters. The van der Waals surface area contributed by atoms with Crippen LogP contribution in [0.3, 0.4) is 0 Å². The summed E-state index contributed by atoms with van der Waals surface area (Å²) in [7, 11) is 0. The van der Waals surface area contributed by atoms with E-state index in [2.05, 4.69) is 41.4 Å². The number of hydrogen-bond donors (Lipinski definition) is 1. The van der Waals surface area contributed by atoms with Gasteiger partial charge in [-0.05, 0) is 55.2 Å². The number of H-pyrrole nitrogens is 1. The number of nitrogens with zero attached hydrogens (tertiary/aromatic N) is 2. The molecule has 1 aliphatic carbocycles. The highest BCUT2D eigenvalue weighted by molar-refractivity contribution is 7.71. The average Bonchev–Trinajstić information content (AvgIpc) is 3.26. The summed E-state index contributed by atoms with van der Waals surface area (Å²) in [5.41, 5.74) is 3.28. The Morgan fingerprint density at radius 1 is 1.21 bits per heavy atom. The highest BCUT2D eigenvalue weighted by atomic mass is 35.5. The van der Waals surface area contributed by atoms with Crippen LogP contribution < -0.4 is 0 Å². The van der Waals surface area contributed by atoms with Crippen LogP contribution in [0.4, 0.5) is 4.39 Å². The van der Waals surface area contributed by atoms with Gasteiger partial charge in [0.15, 0.2) is 4.77 Å². The molecule has 0 bridgehead atoms. The molecule has 2 aromatic carbocycles. The number of hydrogen-bond acceptors (Lipinski definition) is 2. The molecule has 3 nitrogen and oxygen atoms in total. The second-order valence-corrected chi connectivity index (χ2v) is 6.97. The van der Waals surface area contributed by atoms with Crippen LogP contribution in [-0.2, 0) is 0 Å². The molecule has 0 saturated heterocycles. The summed E-state index contributed by atoms with van der Waals surface area (Å²) in [5, 5.41) is 7.34. The van der Waals surface area contributed by atoms with Crippen molar-refractivity contribution in [3.63, 3.8) is 0 Å². The Labute approximate surface area is 149 Å². The molecule has 4 rings (SSSR count). The Morgan fingerprint density at radius 3 is 2.67 bits per heavy atom. The molecule has 1 N–H and O–H groups in total. The van der Waals surface area contributed by atoms with E-state index < -0.39 is 5.82 Å². The lowest BCUT2D eigenvalue weighted by Crippen LogP contribution is -2.01. The lowest BCUT2D eigenvalue weighted by molar-refractivity contribution is 0.627. The molecule has 0 radical (unpaired) electrons. The first-order valence-corrected chi connectivity index (χ1v) is 8.52. The van der Waals surface area contributed by atoms with Gasteiger partial charge in [0.2, 0.25) is 0 Å². The summed E-state index contributed by atoms with van der Waals surface area (Å²) >= 11 is 11.3. The monoisotopic (exact) mass is 359 g/mol. The topological polar surface area (TPSA) is 33.6 Å². The van der Waals surface area contributed by atoms with E-state index in [4.69, 9.17) is 23.8 Å². The Hall–Kier alpha value is -1.98. The van der Waals surface area contributed by atoms with Crippen molar-refractivity contribution >= 4 is 23.8 Å². The van der Waals surface area contributed by atoms with E-state index in [1.54, 1.807) is 12.1 Å². The third kappa shape index (κ3) is 2.68. The van der Waals surface area contributed by atoms with E-state index in [1.807, 2.05) is 4.57 Å². The van der Waals surface area contributed by atoms with Crippen LogP contribution in [-0.4, -0.2) is 14.8 Å². The molecular weight excluding hydrogens is 345 g/mol. The van der Waals surface area contributed by atoms with Crippen molar-refractivity contribution in [1.29, 1.82) is 0 Å². The highest BCUT2D eigenvalue weighted by Gasteiger charge is 2.43. The molecule has 1 saturated carbocycles. The van der Waals surface area contributed by atoms with E-state index >= 15 is 0 Å². The average molecular weight is 360 g/mol. The maximum atomic E-state index is 13.4. The van der Waals surface area contributed by atoms with Gasteiger partial charge < -0.3 is 0 Å². The van der Waals surface area contributed by atoms with Crippen molar-refractivity contribution in [3.05, 3.63) is 75.0 Å². The summed E-state index contributed by atoms with van der Waals surface area (Å²) in [5.74, 6) is 1.16. The van der Waals surface area contributed by atoms with Crippen LogP contribution in [0.1, 0.15) is 35.2 Å². The summed E-state index contributed by atoms with van der Waals surface area (Å²) in [6.45, 7) is 2.08. The van der Waals surface area contributed by atoms with Crippen LogP contribution in [0.2, 0.25) is 5.02 Å². The number of halogens is 2. The van der Waals surface area contributed by atoms with Crippen molar-refractivity contribution < 1.29 is 4.39 Å². The summed E-state index contributed by atoms with van der Waals surface area (Å²) in [6.07, 6.45) is 1.03. The molecule has 0 aliphatic heterocycles. The Kier molecular flexibility index (Phi) is 3.77. The molecule has 0 amide bonds. The number of aromatic nitrogens is 3. The van der Waals surface area contributed by atoms with Crippen LogP contribution in [0.15, 0.2) is 42.5 Å². The summed E-state index contributed by atoms with van der Waals surface area (Å²) < 4.78 is 15.8. The van der Waals surface area contributed by atoms with Gasteiger partial charge in [-0.2, -0.15) is 5.10 Å². The number of aryl methyl sites for hydroxylation is 1. The second-order valence-electron chi connectivity index (χ2n) is 6.18. The largest absolute Gasteiger partial charge is 0.272 e. The lowest BCUT2D eigenvalue weighted by atomic mass is 10.1. The number of benzene rings is 2. The van der Waals surface area contributed by atoms with Gasteiger partial charge in [0.1, 0.15) is 11.6 Å². The summed E-state index contributed by atoms with van der Waals surface area (Å²) in [4.78, 5) is 0. The van der Waals surface area contributed by atoms with E-state index in [0.717, 1.165) is 17.9 Å². The standard InChI is InChI=1S/C18H15ClFN3S/c1-10-2-4-11(5-3-10)13-9-14(13)17-21-22-18(24)23(17)12-6-7-16(20)15(19)8-12/h2-8,13-14H,9H2,1H3,(H,22,24)/t13-,14-/m0/s1. The first-order valence-electron chi connectivity index (χ1n) is 7.74. The Bertz CT molecular complexity index is 961. The van der Waals surface area contributed by atoms with Crippen molar-refractivity contribution in [2.75, 3.05) is 0 Å². The van der Waals surface area contributed by atoms with Gasteiger partial charge in [-0.25, -0.2) is 4.39 Å². The molecule has 1 heterocycles. The first-order chi connectivity index (χ1) is 11.5. The maximum absolute atomic E-state index is 13.4. The van der Waals surface area contributed by atoms with Crippen molar-refractivity contribution in [2.24, 2.45) is 0 Å². The van der Waals surface area contributed by atoms with Crippen LogP contribution in [0, 0.1) is 17.5 Å². The maximum Gasteiger partial charge on any atom is 0.199 e. The normalized spacial score (nSPS) is 19.5. The van der Waals surface area contributed by atoms with Gasteiger partial charge in [0.25, 0.3) is 0 Å². The van der Waals surface area contributed by atoms with Crippen LogP contribution in [0.25, 0.3) is 5.69 Å². The van der Waals surface area contributed by atoms with Gasteiger partial charge in [0.05, 0.1) is 10.7 Å². The van der Waals surface area contributed by atoms with E-state index in [9.17, 15) is 4.39 Å². The van der Waals surface area contributed by atoms with Crippen LogP contribution >= 0.6 is 23.8 Å². The second kappa shape index (κ2) is 5.83. The minimum absolute atomic E-state index is 0.0763. The fourth-order valence-electron chi connectivity index (χ4n) is 3.09. The minimum atomic E-state index is -0.444. The molecule has 24 heavy (non-hydrogen) atoms. The molecule has 3 aromatic rings. The zero-order chi connectivity index (χ0) is 16.8. The van der Waals surface area contributed by atoms with E-state index in [0.29, 0.717) is 16.6 Å². The van der Waals surface area contributed by atoms with Gasteiger partial charge in [-0.3, -0.25) is 9.67 Å². The zero-order valence-electron chi connectivity index (χ0n) is 13.0. The molecule has 1 aromatic heterocycles. The molecule has 6 heteroatoms. The SMILES string of the molecule is Cc1ccc([C@@H]2C[C@@H]2c2n[nH]c(=S)n2-c2ccc(F)c(Cl)c2)cc1. The van der Waals surface area contributed by atoms with E-state index in [1.165, 1.54) is 17.2 Å². The van der Waals surface area contributed by atoms with Gasteiger partial charge in [-0.15, -0.1) is 0 Å². The molecule has 1 aliphatic rings. The van der Waals surface area contributed by atoms with Gasteiger partial charge in [-0.1, -0.05) is 41.4 Å². The fourth-order valence-corrected chi connectivity index (χ4v) is 3.51. The summed E-state index contributed by atoms with van der Waals surface area (Å²) in [6, 6.07) is 13.2. The number of rotatable bonds is 3. The quantitative estimate of drug-likeness (QED) is 0.643. The third-order valence-corrected chi connectivity index (χ3v) is 5.05. The smallest absolute Gasteiger partial charge is 0.199 e. The number of nitrogens with one attached hydrogen (secondary N) is 1. The predicted octanol–water partition coefficient (Wildman–Crippen LogP) is 5.30. The molecular formula is C18H15ClFN3S. The number of aromatic amines is 1. The first kappa shape index (κ1) is 15.5. The van der Waals surface area contributed by atoms with Crippen molar-refractivity contribution in [3.8, 4) is 5.69 Å². The lowest BCUT2D eigenvalue weighted by Gasteiger charge is -2.08. The minimum Gasteiger partial charge on any atom is -0.272 e. The predicted molar refractivity (Wildman–Crippen MR) is 95.0 cm³/mol. The van der Waals surface area contributed by atoms with Gasteiger partial charge in [0, 0.05) is 5.92 Å². The molecule has 122 valence electrons. The highest BCUT2D eigenvalue weighted by Crippen LogP contribution is 2.54. The molecule has 2 atom stereocenters. The van der Waals surface area contributed by atoms with Crippen molar-refractivity contribution in [1.82, 2.24) is 14.8 Å². The van der Waals surface area contributed by atoms with Crippen LogP contribution in [0.5, 0.6) is 0 Å². The molecule has 1 fully saturated rings. The van der Waals surface area contributed by atoms with Crippen molar-refractivity contribution in [2.45, 2.75) is 25.2 Å². The van der Waals surface area contributed by atoms with E-state index in [-0.39, 0.29) is 5.02 Å². The molecule has 0 spiro atoms. The Balaban J connectivity index is 1.70. The zero-order valence-corrected chi connectivity index (χ0v) is 14.5. The third-order valence-electron chi connectivity index (χ3n) is 4.49. The van der Waals surface area contributed by atoms with Gasteiger partial charge >= 0.3 is 0 Å². The fraction of sp³-hybridized carbons (Fsp3) is 0.222. The Morgan fingerprint density at radius 2 is 1.96 bits per heavy atom.